The van der Waals surface area contributed by atoms with Crippen LogP contribution in [-0.2, 0) is 10.1 Å². The third-order valence-corrected chi connectivity index (χ3v) is 1.04. The van der Waals surface area contributed by atoms with Crippen LogP contribution in [-0.4, -0.2) is 58.6 Å². The molecular formula is C2H4AsF8LiO3S. The summed E-state index contributed by atoms with van der Waals surface area (Å²) >= 11 is -8.99. The Kier molecular flexibility index (Phi) is 8.03. The molecule has 14 heteroatoms. The predicted octanol–water partition coefficient (Wildman–Crippen LogP) is 1.51. The number of halogens is 8. The molecule has 0 rings (SSSR count). The Bertz CT molecular complexity index is 285. The molecule has 0 aromatic carbocycles. The predicted molar refractivity (Wildman–Crippen MR) is 40.9 cm³/mol. The average Bonchev–Trinajstić information content (AvgIpc) is 1.38. The zero-order chi connectivity index (χ0) is 13.2. The summed E-state index contributed by atoms with van der Waals surface area (Å²) in [6, 6.07) is 0. The van der Waals surface area contributed by atoms with Crippen molar-refractivity contribution in [2.45, 2.75) is 6.18 Å². The molecular weight excluding hydrogens is 338 g/mol. The molecule has 0 unspecified atom stereocenters. The summed E-state index contributed by atoms with van der Waals surface area (Å²) in [6.45, 7) is 0. The monoisotopic (exact) mass is 342 g/mol. The van der Waals surface area contributed by atoms with Gasteiger partial charge in [0.1, 0.15) is 0 Å². The van der Waals surface area contributed by atoms with E-state index >= 15 is 0 Å². The van der Waals surface area contributed by atoms with E-state index in [-0.39, 0.29) is 18.9 Å². The van der Waals surface area contributed by atoms with Gasteiger partial charge in [-0.15, -0.1) is 0 Å². The molecule has 0 aliphatic heterocycles. The van der Waals surface area contributed by atoms with Crippen molar-refractivity contribution in [2.75, 3.05) is 5.75 Å². The van der Waals surface area contributed by atoms with Crippen LogP contribution in [0.5, 0.6) is 0 Å². The van der Waals surface area contributed by atoms with E-state index in [9.17, 15) is 38.9 Å². The third kappa shape index (κ3) is 62.5. The molecule has 0 aromatic heterocycles. The van der Waals surface area contributed by atoms with Crippen LogP contribution < -0.4 is 0 Å². The Hall–Kier alpha value is 0.506. The Balaban J connectivity index is -0.000000214. The van der Waals surface area contributed by atoms with Crippen molar-refractivity contribution < 1.29 is 43.5 Å². The molecule has 0 radical (unpaired) electrons. The zero-order valence-electron chi connectivity index (χ0n) is 6.35. The van der Waals surface area contributed by atoms with Gasteiger partial charge in [0.15, 0.2) is 5.75 Å². The fraction of sp³-hybridized carbons (Fsp3) is 1.00. The summed E-state index contributed by atoms with van der Waals surface area (Å²) in [4.78, 5) is 0. The molecule has 3 nitrogen and oxygen atoms in total. The van der Waals surface area contributed by atoms with Gasteiger partial charge in [-0.1, -0.05) is 0 Å². The first-order valence-corrected chi connectivity index (χ1v) is 7.73. The Morgan fingerprint density at radius 3 is 1.19 bits per heavy atom. The van der Waals surface area contributed by atoms with Gasteiger partial charge < -0.3 is 0 Å². The van der Waals surface area contributed by atoms with Gasteiger partial charge in [0.25, 0.3) is 10.1 Å². The number of hydrogen-bond acceptors (Lipinski definition) is 2. The molecule has 98 valence electrons. The van der Waals surface area contributed by atoms with Crippen LogP contribution >= 0.6 is 0 Å². The molecule has 0 bridgehead atoms. The van der Waals surface area contributed by atoms with Crippen LogP contribution in [0.4, 0.5) is 30.5 Å². The van der Waals surface area contributed by atoms with Gasteiger partial charge in [-0.2, -0.15) is 21.6 Å². The maximum absolute atomic E-state index is 11.0. The van der Waals surface area contributed by atoms with Crippen molar-refractivity contribution in [2.24, 2.45) is 0 Å². The number of alkyl halides is 3. The van der Waals surface area contributed by atoms with E-state index in [0.717, 1.165) is 0 Å². The SMILES string of the molecule is F[As](F)(F)(F)F.O=S(=O)(O)CC(F)(F)F.[LiH]. The van der Waals surface area contributed by atoms with Crippen LogP contribution in [0.3, 0.4) is 0 Å². The van der Waals surface area contributed by atoms with Crippen molar-refractivity contribution in [3.8, 4) is 0 Å². The maximum atomic E-state index is 11.0. The summed E-state index contributed by atoms with van der Waals surface area (Å²) < 4.78 is 109. The van der Waals surface area contributed by atoms with Crippen molar-refractivity contribution in [1.82, 2.24) is 0 Å². The Morgan fingerprint density at radius 2 is 1.19 bits per heavy atom. The van der Waals surface area contributed by atoms with Gasteiger partial charge in [-0.3, -0.25) is 4.55 Å². The fourth-order valence-electron chi connectivity index (χ4n) is 0.207. The Morgan fingerprint density at radius 1 is 1.00 bits per heavy atom. The summed E-state index contributed by atoms with van der Waals surface area (Å²) in [7, 11) is -4.91. The van der Waals surface area contributed by atoms with E-state index in [2.05, 4.69) is 0 Å². The van der Waals surface area contributed by atoms with Crippen LogP contribution in [0.25, 0.3) is 0 Å². The van der Waals surface area contributed by atoms with Gasteiger partial charge in [0, 0.05) is 0 Å². The molecule has 0 aliphatic carbocycles. The molecule has 0 saturated carbocycles. The van der Waals surface area contributed by atoms with Crippen LogP contribution in [0.2, 0.25) is 0 Å². The molecule has 1 N–H and O–H groups in total. The van der Waals surface area contributed by atoms with Gasteiger partial charge in [0.05, 0.1) is 0 Å². The first kappa shape index (κ1) is 21.8. The van der Waals surface area contributed by atoms with E-state index in [1.807, 2.05) is 0 Å². The van der Waals surface area contributed by atoms with Crippen LogP contribution in [0.15, 0.2) is 0 Å². The van der Waals surface area contributed by atoms with Gasteiger partial charge >= 0.3 is 57.2 Å². The summed E-state index contributed by atoms with van der Waals surface area (Å²) in [5.41, 5.74) is 0. The topological polar surface area (TPSA) is 54.4 Å². The normalized spacial score (nSPS) is 14.9. The van der Waals surface area contributed by atoms with E-state index < -0.39 is 36.8 Å². The average molecular weight is 342 g/mol. The molecule has 0 heterocycles. The fourth-order valence-corrected chi connectivity index (χ4v) is 0.620. The molecule has 0 aromatic rings. The molecule has 0 amide bonds. The molecule has 16 heavy (non-hydrogen) atoms. The quantitative estimate of drug-likeness (QED) is 0.447. The second kappa shape index (κ2) is 5.91. The van der Waals surface area contributed by atoms with E-state index in [1.165, 1.54) is 0 Å². The minimum atomic E-state index is -8.99. The van der Waals surface area contributed by atoms with Crippen molar-refractivity contribution in [3.05, 3.63) is 0 Å². The summed E-state index contributed by atoms with van der Waals surface area (Å²) in [6.07, 6.45) is -4.85. The van der Waals surface area contributed by atoms with Crippen molar-refractivity contribution >= 4 is 43.8 Å². The van der Waals surface area contributed by atoms with Crippen molar-refractivity contribution in [3.63, 3.8) is 0 Å². The number of rotatable bonds is 1. The van der Waals surface area contributed by atoms with Crippen LogP contribution in [0.1, 0.15) is 0 Å². The van der Waals surface area contributed by atoms with Gasteiger partial charge in [0.2, 0.25) is 0 Å². The molecule has 0 saturated heterocycles. The van der Waals surface area contributed by atoms with E-state index in [1.54, 1.807) is 0 Å². The second-order valence-corrected chi connectivity index (χ2v) is 6.11. The first-order chi connectivity index (χ1) is 5.94. The minimum absolute atomic E-state index is 0. The first-order valence-electron chi connectivity index (χ1n) is 2.57. The standard InChI is InChI=1S/C2H3F3O3S.AsF5.Li.H/c3-2(4,5)1-9(6,7)8;2-1(3,4,5)6;;/h1H2,(H,6,7,8);;;. The summed E-state index contributed by atoms with van der Waals surface area (Å²) in [5.74, 6) is -2.18. The molecule has 0 fully saturated rings. The van der Waals surface area contributed by atoms with Crippen LogP contribution in [0, 0.1) is 0 Å². The summed E-state index contributed by atoms with van der Waals surface area (Å²) in [5, 5.41) is 0. The molecule has 0 aliphatic rings. The van der Waals surface area contributed by atoms with E-state index in [0.29, 0.717) is 0 Å². The Labute approximate surface area is 99.3 Å². The number of hydrogen-bond donors (Lipinski definition) is 1. The molecule has 0 spiro atoms. The zero-order valence-corrected chi connectivity index (χ0v) is 9.04. The van der Waals surface area contributed by atoms with E-state index in [4.69, 9.17) is 4.55 Å². The van der Waals surface area contributed by atoms with Gasteiger partial charge in [-0.25, -0.2) is 0 Å². The molecule has 0 atom stereocenters. The van der Waals surface area contributed by atoms with Gasteiger partial charge in [-0.05, 0) is 0 Å². The van der Waals surface area contributed by atoms with Crippen molar-refractivity contribution in [1.29, 1.82) is 0 Å². The second-order valence-electron chi connectivity index (χ2n) is 1.98. The third-order valence-electron chi connectivity index (χ3n) is 0.346.